The molecule has 26 heavy (non-hydrogen) atoms. The van der Waals surface area contributed by atoms with E-state index in [4.69, 9.17) is 14.2 Å². The SMILES string of the molecule is CC(=O)Oc1ccc2c(c1)CC[C@@H]1[C@H]2CC[C@]2(C)[C@H]1CCC21OCCO1. The molecular formula is C22H28O4. The summed E-state index contributed by atoms with van der Waals surface area (Å²) in [6.07, 6.45) is 6.94. The molecule has 4 aliphatic rings. The summed E-state index contributed by atoms with van der Waals surface area (Å²) >= 11 is 0. The number of benzene rings is 1. The molecule has 3 aliphatic carbocycles. The molecule has 2 saturated carbocycles. The van der Waals surface area contributed by atoms with E-state index in [1.807, 2.05) is 6.07 Å². The van der Waals surface area contributed by atoms with Crippen LogP contribution in [0.4, 0.5) is 0 Å². The van der Waals surface area contributed by atoms with Crippen molar-refractivity contribution in [3.63, 3.8) is 0 Å². The fourth-order valence-electron chi connectivity index (χ4n) is 6.67. The normalized spacial score (nSPS) is 37.1. The maximum atomic E-state index is 11.2. The third-order valence-electron chi connectivity index (χ3n) is 7.76. The smallest absolute Gasteiger partial charge is 0.308 e. The quantitative estimate of drug-likeness (QED) is 0.558. The Kier molecular flexibility index (Phi) is 3.74. The number of hydrogen-bond acceptors (Lipinski definition) is 4. The van der Waals surface area contributed by atoms with Crippen molar-refractivity contribution in [1.29, 1.82) is 0 Å². The zero-order chi connectivity index (χ0) is 17.9. The number of rotatable bonds is 1. The van der Waals surface area contributed by atoms with Gasteiger partial charge in [0.05, 0.1) is 13.2 Å². The standard InChI is InChI=1S/C22H28O4/c1-14(23)26-16-4-6-17-15(13-16)3-5-19-18(17)7-9-21(2)20(19)8-10-22(21)24-11-12-25-22/h4,6,13,18-20H,3,5,7-12H2,1-2H3/t18-,19+,20-,21+/m0/s1. The van der Waals surface area contributed by atoms with Gasteiger partial charge < -0.3 is 14.2 Å². The summed E-state index contributed by atoms with van der Waals surface area (Å²) < 4.78 is 17.7. The van der Waals surface area contributed by atoms with E-state index in [-0.39, 0.29) is 17.2 Å². The molecule has 5 rings (SSSR count). The number of hydrogen-bond donors (Lipinski definition) is 0. The van der Waals surface area contributed by atoms with E-state index in [0.29, 0.717) is 23.5 Å². The lowest BCUT2D eigenvalue weighted by molar-refractivity contribution is -0.237. The van der Waals surface area contributed by atoms with Crippen molar-refractivity contribution < 1.29 is 19.0 Å². The van der Waals surface area contributed by atoms with Crippen LogP contribution >= 0.6 is 0 Å². The monoisotopic (exact) mass is 356 g/mol. The Hall–Kier alpha value is -1.39. The second kappa shape index (κ2) is 5.80. The first kappa shape index (κ1) is 16.8. The van der Waals surface area contributed by atoms with Gasteiger partial charge in [0.1, 0.15) is 5.75 Å². The lowest BCUT2D eigenvalue weighted by Gasteiger charge is -2.52. The molecule has 4 nitrogen and oxygen atoms in total. The van der Waals surface area contributed by atoms with Gasteiger partial charge in [-0.3, -0.25) is 4.79 Å². The third kappa shape index (κ3) is 2.24. The molecule has 1 aromatic rings. The lowest BCUT2D eigenvalue weighted by atomic mass is 9.55. The number of carbonyl (C=O) groups excluding carboxylic acids is 1. The molecule has 4 heteroatoms. The van der Waals surface area contributed by atoms with Crippen LogP contribution in [0.5, 0.6) is 5.75 Å². The molecule has 1 aromatic carbocycles. The Balaban J connectivity index is 1.44. The molecule has 4 atom stereocenters. The number of ether oxygens (including phenoxy) is 3. The Morgan fingerprint density at radius 2 is 1.96 bits per heavy atom. The van der Waals surface area contributed by atoms with Crippen LogP contribution in [0.2, 0.25) is 0 Å². The molecule has 1 heterocycles. The highest BCUT2D eigenvalue weighted by molar-refractivity contribution is 5.69. The van der Waals surface area contributed by atoms with Crippen molar-refractivity contribution in [2.45, 2.75) is 64.1 Å². The minimum atomic E-state index is -0.317. The van der Waals surface area contributed by atoms with Crippen LogP contribution in [0.15, 0.2) is 18.2 Å². The van der Waals surface area contributed by atoms with Gasteiger partial charge in [-0.1, -0.05) is 13.0 Å². The minimum Gasteiger partial charge on any atom is -0.427 e. The summed E-state index contributed by atoms with van der Waals surface area (Å²) in [6, 6.07) is 6.26. The zero-order valence-electron chi connectivity index (χ0n) is 15.8. The van der Waals surface area contributed by atoms with Gasteiger partial charge in [0.25, 0.3) is 0 Å². The molecule has 0 N–H and O–H groups in total. The molecule has 0 radical (unpaired) electrons. The van der Waals surface area contributed by atoms with Gasteiger partial charge >= 0.3 is 5.97 Å². The fourth-order valence-corrected chi connectivity index (χ4v) is 6.67. The van der Waals surface area contributed by atoms with Crippen LogP contribution < -0.4 is 4.74 Å². The Morgan fingerprint density at radius 3 is 2.73 bits per heavy atom. The first-order valence-corrected chi connectivity index (χ1v) is 10.1. The highest BCUT2D eigenvalue weighted by Crippen LogP contribution is 2.66. The van der Waals surface area contributed by atoms with Gasteiger partial charge in [0.15, 0.2) is 5.79 Å². The molecule has 0 bridgehead atoms. The second-order valence-corrected chi connectivity index (χ2v) is 8.81. The summed E-state index contributed by atoms with van der Waals surface area (Å²) in [6.45, 7) is 5.38. The van der Waals surface area contributed by atoms with E-state index in [2.05, 4.69) is 19.1 Å². The molecule has 0 unspecified atom stereocenters. The van der Waals surface area contributed by atoms with Crippen molar-refractivity contribution >= 4 is 5.97 Å². The van der Waals surface area contributed by atoms with E-state index in [9.17, 15) is 4.79 Å². The van der Waals surface area contributed by atoms with Crippen molar-refractivity contribution in [2.75, 3.05) is 13.2 Å². The van der Waals surface area contributed by atoms with Gasteiger partial charge in [-0.25, -0.2) is 0 Å². The Bertz CT molecular complexity index is 736. The fraction of sp³-hybridized carbons (Fsp3) is 0.682. The minimum absolute atomic E-state index is 0.153. The van der Waals surface area contributed by atoms with Crippen LogP contribution in [0.3, 0.4) is 0 Å². The second-order valence-electron chi connectivity index (χ2n) is 8.81. The van der Waals surface area contributed by atoms with Crippen LogP contribution in [0.1, 0.15) is 63.0 Å². The van der Waals surface area contributed by atoms with E-state index in [1.165, 1.54) is 43.7 Å². The van der Waals surface area contributed by atoms with E-state index < -0.39 is 0 Å². The predicted octanol–water partition coefficient (Wildman–Crippen LogP) is 4.21. The maximum Gasteiger partial charge on any atom is 0.308 e. The number of fused-ring (bicyclic) bond motifs is 6. The molecule has 0 amide bonds. The van der Waals surface area contributed by atoms with Crippen LogP contribution in [-0.4, -0.2) is 25.0 Å². The van der Waals surface area contributed by atoms with Crippen molar-refractivity contribution in [2.24, 2.45) is 17.3 Å². The third-order valence-corrected chi connectivity index (χ3v) is 7.76. The average Bonchev–Trinajstić information content (AvgIpc) is 3.21. The summed E-state index contributed by atoms with van der Waals surface area (Å²) in [4.78, 5) is 11.2. The highest BCUT2D eigenvalue weighted by Gasteiger charge is 2.64. The first-order valence-electron chi connectivity index (χ1n) is 10.1. The molecule has 1 aliphatic heterocycles. The lowest BCUT2D eigenvalue weighted by Crippen LogP contribution is -2.51. The van der Waals surface area contributed by atoms with Crippen molar-refractivity contribution in [1.82, 2.24) is 0 Å². The van der Waals surface area contributed by atoms with Gasteiger partial charge in [0.2, 0.25) is 0 Å². The van der Waals surface area contributed by atoms with Gasteiger partial charge in [-0.15, -0.1) is 0 Å². The molecule has 140 valence electrons. The Morgan fingerprint density at radius 1 is 1.15 bits per heavy atom. The molecule has 1 spiro atoms. The predicted molar refractivity (Wildman–Crippen MR) is 97.0 cm³/mol. The van der Waals surface area contributed by atoms with Crippen molar-refractivity contribution in [3.05, 3.63) is 29.3 Å². The number of carbonyl (C=O) groups is 1. The maximum absolute atomic E-state index is 11.2. The summed E-state index contributed by atoms with van der Waals surface area (Å²) in [5.74, 6) is 2.14. The van der Waals surface area contributed by atoms with Crippen molar-refractivity contribution in [3.8, 4) is 5.75 Å². The van der Waals surface area contributed by atoms with Gasteiger partial charge in [0, 0.05) is 18.8 Å². The molecule has 3 fully saturated rings. The topological polar surface area (TPSA) is 44.8 Å². The zero-order valence-corrected chi connectivity index (χ0v) is 15.8. The molecular weight excluding hydrogens is 328 g/mol. The molecule has 0 aromatic heterocycles. The van der Waals surface area contributed by atoms with Gasteiger partial charge in [-0.05, 0) is 73.1 Å². The summed E-state index contributed by atoms with van der Waals surface area (Å²) in [5, 5.41) is 0. The Labute approximate surface area is 155 Å². The summed E-state index contributed by atoms with van der Waals surface area (Å²) in [5.41, 5.74) is 3.00. The largest absolute Gasteiger partial charge is 0.427 e. The highest BCUT2D eigenvalue weighted by atomic mass is 16.7. The number of aryl methyl sites for hydroxylation is 1. The molecule has 1 saturated heterocycles. The average molecular weight is 356 g/mol. The van der Waals surface area contributed by atoms with Crippen LogP contribution in [0.25, 0.3) is 0 Å². The summed E-state index contributed by atoms with van der Waals surface area (Å²) in [7, 11) is 0. The van der Waals surface area contributed by atoms with Crippen LogP contribution in [-0.2, 0) is 20.7 Å². The van der Waals surface area contributed by atoms with E-state index in [0.717, 1.165) is 26.1 Å². The van der Waals surface area contributed by atoms with Gasteiger partial charge in [-0.2, -0.15) is 0 Å². The number of esters is 1. The first-order chi connectivity index (χ1) is 12.5. The van der Waals surface area contributed by atoms with E-state index in [1.54, 1.807) is 0 Å². The van der Waals surface area contributed by atoms with Crippen LogP contribution in [0, 0.1) is 17.3 Å². The van der Waals surface area contributed by atoms with E-state index >= 15 is 0 Å².